The number of fused-ring (bicyclic) bond motifs is 1. The van der Waals surface area contributed by atoms with Crippen LogP contribution in [0.3, 0.4) is 0 Å². The summed E-state index contributed by atoms with van der Waals surface area (Å²) in [6.07, 6.45) is 2.36. The van der Waals surface area contributed by atoms with Crippen LogP contribution in [-0.2, 0) is 20.9 Å². The smallest absolute Gasteiger partial charge is 0.236 e. The van der Waals surface area contributed by atoms with Gasteiger partial charge in [-0.3, -0.25) is 14.5 Å². The number of carbonyl (C=O) groups is 2. The maximum Gasteiger partial charge on any atom is 0.236 e. The van der Waals surface area contributed by atoms with E-state index in [1.807, 2.05) is 28.0 Å². The van der Waals surface area contributed by atoms with E-state index in [2.05, 4.69) is 23.1 Å². The summed E-state index contributed by atoms with van der Waals surface area (Å²) in [5, 5.41) is 2.22. The molecule has 4 rings (SSSR count). The molecule has 2 aliphatic rings. The summed E-state index contributed by atoms with van der Waals surface area (Å²) in [5.74, 6) is 1.21. The average Bonchev–Trinajstić information content (AvgIpc) is 3.15. The van der Waals surface area contributed by atoms with E-state index >= 15 is 0 Å². The van der Waals surface area contributed by atoms with Crippen LogP contribution in [-0.4, -0.2) is 86.1 Å². The second kappa shape index (κ2) is 10.3. The Bertz CT molecular complexity index is 963. The van der Waals surface area contributed by atoms with Crippen LogP contribution >= 0.6 is 0 Å². The molecule has 32 heavy (non-hydrogen) atoms. The van der Waals surface area contributed by atoms with Gasteiger partial charge in [-0.25, -0.2) is 0 Å². The van der Waals surface area contributed by atoms with Crippen molar-refractivity contribution >= 4 is 22.6 Å². The van der Waals surface area contributed by atoms with Crippen LogP contribution in [0, 0.1) is 0 Å². The van der Waals surface area contributed by atoms with Gasteiger partial charge in [-0.15, -0.1) is 0 Å². The van der Waals surface area contributed by atoms with E-state index < -0.39 is 0 Å². The van der Waals surface area contributed by atoms with Gasteiger partial charge in [0.15, 0.2) is 0 Å². The lowest BCUT2D eigenvalue weighted by Crippen LogP contribution is -2.39. The van der Waals surface area contributed by atoms with E-state index in [4.69, 9.17) is 9.47 Å². The van der Waals surface area contributed by atoms with E-state index in [9.17, 15) is 9.59 Å². The molecule has 7 heteroatoms. The molecule has 2 saturated heterocycles. The van der Waals surface area contributed by atoms with Gasteiger partial charge >= 0.3 is 0 Å². The van der Waals surface area contributed by atoms with E-state index in [0.717, 1.165) is 42.5 Å². The zero-order valence-electron chi connectivity index (χ0n) is 19.1. The Morgan fingerprint density at radius 3 is 2.44 bits per heavy atom. The highest BCUT2D eigenvalue weighted by molar-refractivity contribution is 5.91. The first-order valence-electron chi connectivity index (χ1n) is 11.4. The van der Waals surface area contributed by atoms with E-state index in [-0.39, 0.29) is 17.9 Å². The molecule has 0 N–H and O–H groups in total. The number of likely N-dealkylation sites (tertiary alicyclic amines) is 1. The molecular formula is C25H33N3O4. The van der Waals surface area contributed by atoms with E-state index in [0.29, 0.717) is 39.1 Å². The van der Waals surface area contributed by atoms with Crippen molar-refractivity contribution in [3.05, 3.63) is 42.0 Å². The molecule has 0 radical (unpaired) electrons. The minimum atomic E-state index is -0.0422. The molecule has 0 bridgehead atoms. The van der Waals surface area contributed by atoms with Crippen molar-refractivity contribution in [2.45, 2.75) is 31.9 Å². The lowest BCUT2D eigenvalue weighted by atomic mass is 10.0. The maximum absolute atomic E-state index is 13.1. The number of hydrogen-bond acceptors (Lipinski definition) is 5. The summed E-state index contributed by atoms with van der Waals surface area (Å²) in [6.45, 7) is 4.54. The van der Waals surface area contributed by atoms with Gasteiger partial charge in [0.25, 0.3) is 0 Å². The van der Waals surface area contributed by atoms with Gasteiger partial charge in [-0.05, 0) is 29.9 Å². The lowest BCUT2D eigenvalue weighted by molar-refractivity contribution is -0.131. The Labute approximate surface area is 189 Å². The van der Waals surface area contributed by atoms with Crippen molar-refractivity contribution < 1.29 is 19.1 Å². The van der Waals surface area contributed by atoms with E-state index in [1.54, 1.807) is 14.2 Å². The number of benzene rings is 2. The van der Waals surface area contributed by atoms with Gasteiger partial charge < -0.3 is 19.3 Å². The molecule has 2 fully saturated rings. The van der Waals surface area contributed by atoms with Gasteiger partial charge in [-0.1, -0.05) is 30.3 Å². The fraction of sp³-hybridized carbons (Fsp3) is 0.520. The first-order chi connectivity index (χ1) is 15.6. The summed E-state index contributed by atoms with van der Waals surface area (Å²) in [5.41, 5.74) is 1.17. The number of ether oxygens (including phenoxy) is 2. The van der Waals surface area contributed by atoms with Crippen LogP contribution in [0.15, 0.2) is 36.4 Å². The van der Waals surface area contributed by atoms with Gasteiger partial charge in [0.1, 0.15) is 5.75 Å². The second-order valence-electron chi connectivity index (χ2n) is 8.68. The highest BCUT2D eigenvalue weighted by Gasteiger charge is 2.28. The molecule has 0 spiro atoms. The normalized spacial score (nSPS) is 20.2. The fourth-order valence-electron chi connectivity index (χ4n) is 4.82. The molecule has 0 saturated carbocycles. The van der Waals surface area contributed by atoms with Gasteiger partial charge in [0.2, 0.25) is 11.8 Å². The molecule has 172 valence electrons. The number of carbonyl (C=O) groups excluding carboxylic acids is 2. The van der Waals surface area contributed by atoms with Crippen molar-refractivity contribution in [1.82, 2.24) is 14.7 Å². The SMILES string of the molecule is COc1ccc(CN2CC(=O)N(CCCN3CCCC3=O)C[C@H](OC)C2)c2ccccc12. The molecule has 2 aliphatic heterocycles. The third-order valence-corrected chi connectivity index (χ3v) is 6.55. The molecule has 2 heterocycles. The molecule has 7 nitrogen and oxygen atoms in total. The predicted octanol–water partition coefficient (Wildman–Crippen LogP) is 2.52. The van der Waals surface area contributed by atoms with Gasteiger partial charge in [0.05, 0.1) is 19.8 Å². The quantitative estimate of drug-likeness (QED) is 0.633. The van der Waals surface area contributed by atoms with Gasteiger partial charge in [0, 0.05) is 58.2 Å². The van der Waals surface area contributed by atoms with Crippen molar-refractivity contribution in [3.63, 3.8) is 0 Å². The second-order valence-corrected chi connectivity index (χ2v) is 8.68. The number of amides is 2. The Kier molecular flexibility index (Phi) is 7.27. The zero-order valence-corrected chi connectivity index (χ0v) is 19.1. The van der Waals surface area contributed by atoms with Crippen molar-refractivity contribution in [2.75, 3.05) is 53.5 Å². The Hall–Kier alpha value is -2.64. The predicted molar refractivity (Wildman–Crippen MR) is 124 cm³/mol. The summed E-state index contributed by atoms with van der Waals surface area (Å²) >= 11 is 0. The summed E-state index contributed by atoms with van der Waals surface area (Å²) in [7, 11) is 3.40. The van der Waals surface area contributed by atoms with Crippen LogP contribution < -0.4 is 4.74 Å². The zero-order chi connectivity index (χ0) is 22.5. The van der Waals surface area contributed by atoms with E-state index in [1.165, 1.54) is 5.56 Å². The first-order valence-corrected chi connectivity index (χ1v) is 11.4. The van der Waals surface area contributed by atoms with Crippen LogP contribution in [0.5, 0.6) is 5.75 Å². The minimum absolute atomic E-state index is 0.0422. The molecule has 1 atom stereocenters. The van der Waals surface area contributed by atoms with Crippen molar-refractivity contribution in [3.8, 4) is 5.75 Å². The Morgan fingerprint density at radius 1 is 0.938 bits per heavy atom. The summed E-state index contributed by atoms with van der Waals surface area (Å²) in [4.78, 5) is 30.9. The van der Waals surface area contributed by atoms with Crippen molar-refractivity contribution in [2.24, 2.45) is 0 Å². The first kappa shape index (κ1) is 22.6. The molecule has 0 aromatic heterocycles. The third kappa shape index (κ3) is 5.05. The summed E-state index contributed by atoms with van der Waals surface area (Å²) in [6, 6.07) is 12.3. The topological polar surface area (TPSA) is 62.3 Å². The van der Waals surface area contributed by atoms with Gasteiger partial charge in [-0.2, -0.15) is 0 Å². The largest absolute Gasteiger partial charge is 0.496 e. The van der Waals surface area contributed by atoms with Crippen LogP contribution in [0.2, 0.25) is 0 Å². The highest BCUT2D eigenvalue weighted by Crippen LogP contribution is 2.29. The molecule has 2 amide bonds. The molecule has 2 aromatic rings. The number of nitrogens with zero attached hydrogens (tertiary/aromatic N) is 3. The third-order valence-electron chi connectivity index (χ3n) is 6.55. The monoisotopic (exact) mass is 439 g/mol. The molecular weight excluding hydrogens is 406 g/mol. The number of rotatable bonds is 8. The number of hydrogen-bond donors (Lipinski definition) is 0. The summed E-state index contributed by atoms with van der Waals surface area (Å²) < 4.78 is 11.2. The lowest BCUT2D eigenvalue weighted by Gasteiger charge is -2.24. The Morgan fingerprint density at radius 2 is 1.72 bits per heavy atom. The molecule has 0 unspecified atom stereocenters. The molecule has 0 aliphatic carbocycles. The number of methoxy groups -OCH3 is 2. The molecule has 2 aromatic carbocycles. The standard InChI is InChI=1S/C25H33N3O4/c1-31-20-16-26(15-19-10-11-23(32-2)22-8-4-3-7-21(19)22)18-25(30)28(17-20)14-6-13-27-12-5-9-24(27)29/h3-4,7-8,10-11,20H,5-6,9,12-18H2,1-2H3/t20-/m1/s1. The minimum Gasteiger partial charge on any atom is -0.496 e. The van der Waals surface area contributed by atoms with Crippen molar-refractivity contribution in [1.29, 1.82) is 0 Å². The Balaban J connectivity index is 1.43. The van der Waals surface area contributed by atoms with Crippen LogP contribution in [0.25, 0.3) is 10.8 Å². The average molecular weight is 440 g/mol. The highest BCUT2D eigenvalue weighted by atomic mass is 16.5. The maximum atomic E-state index is 13.1. The van der Waals surface area contributed by atoms with Crippen LogP contribution in [0.1, 0.15) is 24.8 Å². The fourth-order valence-corrected chi connectivity index (χ4v) is 4.82. The van der Waals surface area contributed by atoms with Crippen LogP contribution in [0.4, 0.5) is 0 Å².